The van der Waals surface area contributed by atoms with Crippen molar-refractivity contribution in [2.24, 2.45) is 5.92 Å². The molecule has 3 heterocycles. The molecule has 178 valence electrons. The third-order valence-corrected chi connectivity index (χ3v) is 6.53. The van der Waals surface area contributed by atoms with Gasteiger partial charge in [0.05, 0.1) is 31.3 Å². The number of esters is 1. The molecule has 7 heteroatoms. The van der Waals surface area contributed by atoms with E-state index in [0.717, 1.165) is 55.7 Å². The summed E-state index contributed by atoms with van der Waals surface area (Å²) in [5, 5.41) is 2.90. The van der Waals surface area contributed by atoms with Gasteiger partial charge in [-0.05, 0) is 68.0 Å². The maximum absolute atomic E-state index is 12.5. The number of carbonyl (C=O) groups excluding carboxylic acids is 2. The molecule has 0 radical (unpaired) electrons. The zero-order valence-electron chi connectivity index (χ0n) is 19.9. The second-order valence-electron chi connectivity index (χ2n) is 8.98. The first kappa shape index (κ1) is 23.7. The minimum Gasteiger partial charge on any atom is -0.469 e. The van der Waals surface area contributed by atoms with Crippen molar-refractivity contribution in [3.63, 3.8) is 0 Å². The van der Waals surface area contributed by atoms with Gasteiger partial charge in [-0.1, -0.05) is 18.2 Å². The quantitative estimate of drug-likeness (QED) is 0.636. The fraction of sp³-hybridized carbons (Fsp3) is 0.407. The fourth-order valence-corrected chi connectivity index (χ4v) is 4.62. The smallest absolute Gasteiger partial charge is 0.308 e. The van der Waals surface area contributed by atoms with Crippen molar-refractivity contribution in [2.45, 2.75) is 44.9 Å². The van der Waals surface area contributed by atoms with Crippen LogP contribution >= 0.6 is 0 Å². The molecule has 1 fully saturated rings. The highest BCUT2D eigenvalue weighted by Gasteiger charge is 2.23. The van der Waals surface area contributed by atoms with Crippen LogP contribution in [0.3, 0.4) is 0 Å². The summed E-state index contributed by atoms with van der Waals surface area (Å²) < 4.78 is 4.90. The van der Waals surface area contributed by atoms with Gasteiger partial charge in [0.2, 0.25) is 5.91 Å². The number of allylic oxidation sites excluding steroid dienone is 3. The van der Waals surface area contributed by atoms with E-state index in [9.17, 15) is 9.59 Å². The van der Waals surface area contributed by atoms with Crippen LogP contribution in [0.2, 0.25) is 0 Å². The van der Waals surface area contributed by atoms with Gasteiger partial charge in [-0.15, -0.1) is 0 Å². The van der Waals surface area contributed by atoms with E-state index in [1.54, 1.807) is 6.20 Å². The Labute approximate surface area is 200 Å². The number of hydrogen-bond donors (Lipinski definition) is 1. The summed E-state index contributed by atoms with van der Waals surface area (Å²) in [7, 11) is 1.45. The first-order chi connectivity index (χ1) is 16.5. The predicted molar refractivity (Wildman–Crippen MR) is 133 cm³/mol. The van der Waals surface area contributed by atoms with Crippen LogP contribution in [-0.2, 0) is 14.3 Å². The van der Waals surface area contributed by atoms with Crippen LogP contribution in [0.25, 0.3) is 0 Å². The molecule has 7 nitrogen and oxygen atoms in total. The fourth-order valence-electron chi connectivity index (χ4n) is 4.62. The Kier molecular flexibility index (Phi) is 7.72. The van der Waals surface area contributed by atoms with Crippen LogP contribution in [0.1, 0.15) is 49.3 Å². The average molecular weight is 461 g/mol. The Morgan fingerprint density at radius 2 is 2.06 bits per heavy atom. The Balaban J connectivity index is 1.27. The molecule has 1 saturated heterocycles. The van der Waals surface area contributed by atoms with Crippen LogP contribution in [0.5, 0.6) is 0 Å². The van der Waals surface area contributed by atoms with Crippen LogP contribution in [-0.4, -0.2) is 42.0 Å². The number of methoxy groups -OCH3 is 1. The number of nitrogens with zero attached hydrogens (tertiary/aromatic N) is 3. The van der Waals surface area contributed by atoms with E-state index in [1.807, 2.05) is 37.4 Å². The SMILES string of the molecule is COC(=O)C1CCCN(c2ccc(NC(=O)CC3=CCC(c4ccnc(C)c4)C=C3)nc2)CC1. The van der Waals surface area contributed by atoms with Gasteiger partial charge in [0.1, 0.15) is 5.82 Å². The molecule has 2 aromatic rings. The van der Waals surface area contributed by atoms with Crippen LogP contribution in [0, 0.1) is 12.8 Å². The van der Waals surface area contributed by atoms with Crippen molar-refractivity contribution >= 4 is 23.4 Å². The number of nitrogens with one attached hydrogen (secondary N) is 1. The minimum absolute atomic E-state index is 0.0336. The summed E-state index contributed by atoms with van der Waals surface area (Å²) in [6.07, 6.45) is 13.7. The number of carbonyl (C=O) groups is 2. The topological polar surface area (TPSA) is 84.4 Å². The lowest BCUT2D eigenvalue weighted by atomic mass is 9.89. The lowest BCUT2D eigenvalue weighted by molar-refractivity contribution is -0.145. The monoisotopic (exact) mass is 460 g/mol. The zero-order valence-corrected chi connectivity index (χ0v) is 19.9. The molecule has 1 aliphatic carbocycles. The molecule has 0 saturated carbocycles. The lowest BCUT2D eigenvalue weighted by Gasteiger charge is -2.22. The Bertz CT molecular complexity index is 1080. The molecule has 1 amide bonds. The largest absolute Gasteiger partial charge is 0.469 e. The Hall–Kier alpha value is -3.48. The first-order valence-corrected chi connectivity index (χ1v) is 11.9. The maximum atomic E-state index is 12.5. The van der Waals surface area contributed by atoms with Gasteiger partial charge in [0.25, 0.3) is 0 Å². The van der Waals surface area contributed by atoms with Crippen molar-refractivity contribution in [1.29, 1.82) is 0 Å². The summed E-state index contributed by atoms with van der Waals surface area (Å²) in [5.74, 6) is 0.633. The van der Waals surface area contributed by atoms with Crippen molar-refractivity contribution < 1.29 is 14.3 Å². The molecular weight excluding hydrogens is 428 g/mol. The normalized spacial score (nSPS) is 20.3. The van der Waals surface area contributed by atoms with Crippen LogP contribution in [0.4, 0.5) is 11.5 Å². The Morgan fingerprint density at radius 1 is 1.18 bits per heavy atom. The van der Waals surface area contributed by atoms with Gasteiger partial charge < -0.3 is 15.0 Å². The molecule has 1 aliphatic heterocycles. The standard InChI is InChI=1S/C27H32N4O3/c1-19-16-23(11-13-28-19)21-7-5-20(6-8-21)17-26(32)30-25-10-9-24(18-29-25)31-14-3-4-22(12-15-31)27(33)34-2/h5-7,9-11,13,16,18,21-22H,3-4,8,12,14-15,17H2,1-2H3,(H,29,30,32). The molecule has 4 rings (SSSR count). The van der Waals surface area contributed by atoms with E-state index < -0.39 is 0 Å². The number of aromatic nitrogens is 2. The number of aryl methyl sites for hydroxylation is 1. The number of amides is 1. The van der Waals surface area contributed by atoms with Crippen LogP contribution in [0.15, 0.2) is 60.5 Å². The summed E-state index contributed by atoms with van der Waals surface area (Å²) in [4.78, 5) is 35.3. The second-order valence-corrected chi connectivity index (χ2v) is 8.98. The summed E-state index contributed by atoms with van der Waals surface area (Å²) >= 11 is 0. The number of hydrogen-bond acceptors (Lipinski definition) is 6. The van der Waals surface area contributed by atoms with Gasteiger partial charge in [0.15, 0.2) is 0 Å². The summed E-state index contributed by atoms with van der Waals surface area (Å²) in [6, 6.07) is 7.97. The number of ether oxygens (including phenoxy) is 1. The second kappa shape index (κ2) is 11.1. The van der Waals surface area contributed by atoms with Crippen molar-refractivity contribution in [2.75, 3.05) is 30.4 Å². The molecule has 0 aromatic carbocycles. The molecule has 2 unspecified atom stereocenters. The van der Waals surface area contributed by atoms with Crippen molar-refractivity contribution in [1.82, 2.24) is 9.97 Å². The number of rotatable bonds is 6. The van der Waals surface area contributed by atoms with Gasteiger partial charge in [0, 0.05) is 30.9 Å². The lowest BCUT2D eigenvalue weighted by Crippen LogP contribution is -2.25. The van der Waals surface area contributed by atoms with Crippen LogP contribution < -0.4 is 10.2 Å². The van der Waals surface area contributed by atoms with Crippen molar-refractivity contribution in [3.05, 3.63) is 71.7 Å². The minimum atomic E-state index is -0.121. The van der Waals surface area contributed by atoms with Gasteiger partial charge in [-0.2, -0.15) is 0 Å². The molecule has 0 bridgehead atoms. The number of pyridine rings is 2. The third kappa shape index (κ3) is 6.10. The van der Waals surface area contributed by atoms with Crippen molar-refractivity contribution in [3.8, 4) is 0 Å². The van der Waals surface area contributed by atoms with E-state index in [4.69, 9.17) is 4.74 Å². The van der Waals surface area contributed by atoms with E-state index in [1.165, 1.54) is 12.7 Å². The highest BCUT2D eigenvalue weighted by atomic mass is 16.5. The molecule has 34 heavy (non-hydrogen) atoms. The highest BCUT2D eigenvalue weighted by Crippen LogP contribution is 2.28. The van der Waals surface area contributed by atoms with Gasteiger partial charge in [-0.3, -0.25) is 14.6 Å². The van der Waals surface area contributed by atoms with E-state index in [2.05, 4.69) is 38.4 Å². The summed E-state index contributed by atoms with van der Waals surface area (Å²) in [5.41, 5.74) is 4.28. The zero-order chi connectivity index (χ0) is 23.9. The van der Waals surface area contributed by atoms with E-state index in [-0.39, 0.29) is 17.8 Å². The number of anilines is 2. The maximum Gasteiger partial charge on any atom is 0.308 e. The molecular formula is C27H32N4O3. The first-order valence-electron chi connectivity index (χ1n) is 11.9. The van der Waals surface area contributed by atoms with E-state index >= 15 is 0 Å². The highest BCUT2D eigenvalue weighted by molar-refractivity contribution is 5.91. The molecule has 2 atom stereocenters. The van der Waals surface area contributed by atoms with E-state index in [0.29, 0.717) is 18.2 Å². The molecule has 1 N–H and O–H groups in total. The van der Waals surface area contributed by atoms with Gasteiger partial charge >= 0.3 is 5.97 Å². The molecule has 2 aromatic heterocycles. The Morgan fingerprint density at radius 3 is 2.76 bits per heavy atom. The molecule has 0 spiro atoms. The molecule has 2 aliphatic rings. The third-order valence-electron chi connectivity index (χ3n) is 6.53. The average Bonchev–Trinajstić information content (AvgIpc) is 3.11. The van der Waals surface area contributed by atoms with Gasteiger partial charge in [-0.25, -0.2) is 4.98 Å². The summed E-state index contributed by atoms with van der Waals surface area (Å²) in [6.45, 7) is 3.66. The predicted octanol–water partition coefficient (Wildman–Crippen LogP) is 4.56.